The van der Waals surface area contributed by atoms with Crippen LogP contribution in [0.2, 0.25) is 0 Å². The van der Waals surface area contributed by atoms with E-state index in [0.717, 1.165) is 29.7 Å². The highest BCUT2D eigenvalue weighted by Crippen LogP contribution is 2.39. The standard InChI is InChI=1S/C23H24N2O6S2/c1-3-30-23(27)20-18-7-4-8-19(18)32-22(20)24-21(26)15-9-11-17(12-10-15)33(28,29)25(2)14-16-6-5-13-31-16/h5-6,9-13H,3-4,7-8,14H2,1-2H3,(H,24,26). The molecular formula is C23H24N2O6S2. The van der Waals surface area contributed by atoms with Gasteiger partial charge >= 0.3 is 5.97 Å². The van der Waals surface area contributed by atoms with E-state index in [0.29, 0.717) is 16.3 Å². The largest absolute Gasteiger partial charge is 0.468 e. The molecule has 174 valence electrons. The molecule has 1 aliphatic rings. The molecule has 0 spiro atoms. The minimum Gasteiger partial charge on any atom is -0.468 e. The number of nitrogens with zero attached hydrogens (tertiary/aromatic N) is 1. The predicted octanol–water partition coefficient (Wildman–Crippen LogP) is 4.08. The number of fused-ring (bicyclic) bond motifs is 1. The second-order valence-corrected chi connectivity index (χ2v) is 10.8. The molecular weight excluding hydrogens is 464 g/mol. The first kappa shape index (κ1) is 23.2. The number of esters is 1. The average molecular weight is 489 g/mol. The minimum absolute atomic E-state index is 0.0652. The number of ether oxygens (including phenoxy) is 1. The van der Waals surface area contributed by atoms with Crippen LogP contribution in [0.4, 0.5) is 5.00 Å². The predicted molar refractivity (Wildman–Crippen MR) is 124 cm³/mol. The van der Waals surface area contributed by atoms with Crippen molar-refractivity contribution < 1.29 is 27.2 Å². The number of hydrogen-bond donors (Lipinski definition) is 1. The summed E-state index contributed by atoms with van der Waals surface area (Å²) >= 11 is 1.39. The number of carbonyl (C=O) groups is 2. The van der Waals surface area contributed by atoms with Gasteiger partial charge in [0.2, 0.25) is 10.0 Å². The number of sulfonamides is 1. The number of rotatable bonds is 8. The van der Waals surface area contributed by atoms with E-state index < -0.39 is 21.9 Å². The molecule has 1 N–H and O–H groups in total. The third-order valence-corrected chi connectivity index (χ3v) is 8.44. The third-order valence-electron chi connectivity index (χ3n) is 5.41. The summed E-state index contributed by atoms with van der Waals surface area (Å²) in [4.78, 5) is 26.5. The van der Waals surface area contributed by atoms with Gasteiger partial charge in [-0.2, -0.15) is 4.31 Å². The molecule has 1 aromatic carbocycles. The van der Waals surface area contributed by atoms with Gasteiger partial charge in [0.25, 0.3) is 5.91 Å². The number of amides is 1. The second-order valence-electron chi connectivity index (χ2n) is 7.60. The van der Waals surface area contributed by atoms with Gasteiger partial charge in [0.15, 0.2) is 0 Å². The summed E-state index contributed by atoms with van der Waals surface area (Å²) in [5, 5.41) is 3.28. The summed E-state index contributed by atoms with van der Waals surface area (Å²) in [6.45, 7) is 2.09. The molecule has 3 aromatic rings. The Morgan fingerprint density at radius 1 is 1.18 bits per heavy atom. The first-order valence-corrected chi connectivity index (χ1v) is 12.8. The van der Waals surface area contributed by atoms with E-state index in [9.17, 15) is 18.0 Å². The van der Waals surface area contributed by atoms with Crippen molar-refractivity contribution >= 4 is 38.2 Å². The summed E-state index contributed by atoms with van der Waals surface area (Å²) < 4.78 is 37.2. The fourth-order valence-corrected chi connectivity index (χ4v) is 6.16. The van der Waals surface area contributed by atoms with Crippen LogP contribution in [-0.4, -0.2) is 38.3 Å². The lowest BCUT2D eigenvalue weighted by Crippen LogP contribution is -2.26. The Kier molecular flexibility index (Phi) is 6.68. The fourth-order valence-electron chi connectivity index (χ4n) is 3.75. The molecule has 1 aliphatic carbocycles. The Bertz CT molecular complexity index is 1260. The quantitative estimate of drug-likeness (QED) is 0.479. The molecule has 0 aliphatic heterocycles. The molecule has 1 amide bonds. The molecule has 8 nitrogen and oxygen atoms in total. The van der Waals surface area contributed by atoms with Gasteiger partial charge in [-0.25, -0.2) is 13.2 Å². The Balaban J connectivity index is 1.51. The first-order chi connectivity index (χ1) is 15.8. The van der Waals surface area contributed by atoms with Gasteiger partial charge in [-0.3, -0.25) is 4.79 Å². The van der Waals surface area contributed by atoms with E-state index in [-0.39, 0.29) is 23.6 Å². The third kappa shape index (κ3) is 4.73. The van der Waals surface area contributed by atoms with Crippen molar-refractivity contribution in [3.8, 4) is 0 Å². The van der Waals surface area contributed by atoms with Crippen molar-refractivity contribution in [2.45, 2.75) is 37.6 Å². The Hall–Kier alpha value is -2.95. The van der Waals surface area contributed by atoms with E-state index in [1.807, 2.05) is 0 Å². The molecule has 10 heteroatoms. The van der Waals surface area contributed by atoms with Gasteiger partial charge in [0, 0.05) is 17.5 Å². The molecule has 0 fully saturated rings. The minimum atomic E-state index is -3.76. The van der Waals surface area contributed by atoms with Gasteiger partial charge in [-0.15, -0.1) is 11.3 Å². The molecule has 0 unspecified atom stereocenters. The molecule has 0 saturated heterocycles. The fraction of sp³-hybridized carbons (Fsp3) is 0.304. The van der Waals surface area contributed by atoms with E-state index in [1.165, 1.54) is 53.2 Å². The van der Waals surface area contributed by atoms with Gasteiger partial charge in [0.1, 0.15) is 10.8 Å². The monoisotopic (exact) mass is 488 g/mol. The van der Waals surface area contributed by atoms with Gasteiger partial charge in [-0.1, -0.05) is 0 Å². The lowest BCUT2D eigenvalue weighted by molar-refractivity contribution is 0.0527. The second kappa shape index (κ2) is 9.50. The number of hydrogen-bond acceptors (Lipinski definition) is 7. The van der Waals surface area contributed by atoms with Crippen LogP contribution in [-0.2, 0) is 34.1 Å². The van der Waals surface area contributed by atoms with Gasteiger partial charge in [-0.05, 0) is 68.1 Å². The number of thiophene rings is 1. The van der Waals surface area contributed by atoms with Crippen molar-refractivity contribution in [1.29, 1.82) is 0 Å². The number of benzene rings is 1. The topological polar surface area (TPSA) is 106 Å². The van der Waals surface area contributed by atoms with Crippen molar-refractivity contribution in [3.05, 3.63) is 70.0 Å². The van der Waals surface area contributed by atoms with Crippen LogP contribution >= 0.6 is 11.3 Å². The molecule has 0 bridgehead atoms. The molecule has 2 aromatic heterocycles. The molecule has 2 heterocycles. The maximum atomic E-state index is 12.9. The highest BCUT2D eigenvalue weighted by atomic mass is 32.2. The Morgan fingerprint density at radius 2 is 1.94 bits per heavy atom. The highest BCUT2D eigenvalue weighted by Gasteiger charge is 2.29. The maximum Gasteiger partial charge on any atom is 0.341 e. The SMILES string of the molecule is CCOC(=O)c1c(NC(=O)c2ccc(S(=O)(=O)N(C)Cc3ccco3)cc2)sc2c1CCC2. The van der Waals surface area contributed by atoms with Crippen molar-refractivity contribution in [1.82, 2.24) is 4.31 Å². The Labute approximate surface area is 196 Å². The van der Waals surface area contributed by atoms with Gasteiger partial charge in [0.05, 0.1) is 29.9 Å². The zero-order valence-corrected chi connectivity index (χ0v) is 19.9. The average Bonchev–Trinajstić information content (AvgIpc) is 3.52. The van der Waals surface area contributed by atoms with E-state index >= 15 is 0 Å². The molecule has 0 radical (unpaired) electrons. The lowest BCUT2D eigenvalue weighted by Gasteiger charge is -2.16. The molecule has 33 heavy (non-hydrogen) atoms. The van der Waals surface area contributed by atoms with Crippen molar-refractivity contribution in [3.63, 3.8) is 0 Å². The zero-order chi connectivity index (χ0) is 23.6. The number of aryl methyl sites for hydroxylation is 1. The lowest BCUT2D eigenvalue weighted by atomic mass is 10.1. The van der Waals surface area contributed by atoms with Crippen molar-refractivity contribution in [2.75, 3.05) is 19.0 Å². The summed E-state index contributed by atoms with van der Waals surface area (Å²) in [5.74, 6) is -0.334. The number of furan rings is 1. The van der Waals surface area contributed by atoms with Crippen LogP contribution < -0.4 is 5.32 Å². The highest BCUT2D eigenvalue weighted by molar-refractivity contribution is 7.89. The first-order valence-electron chi connectivity index (χ1n) is 10.5. The number of nitrogens with one attached hydrogen (secondary N) is 1. The summed E-state index contributed by atoms with van der Waals surface area (Å²) in [7, 11) is -2.29. The van der Waals surface area contributed by atoms with Crippen molar-refractivity contribution in [2.24, 2.45) is 0 Å². The molecule has 4 rings (SSSR count). The zero-order valence-electron chi connectivity index (χ0n) is 18.3. The molecule has 0 saturated carbocycles. The van der Waals surface area contributed by atoms with Crippen LogP contribution in [0.15, 0.2) is 52.0 Å². The maximum absolute atomic E-state index is 12.9. The van der Waals surface area contributed by atoms with Crippen LogP contribution in [0.3, 0.4) is 0 Å². The summed E-state index contributed by atoms with van der Waals surface area (Å²) in [6.07, 6.45) is 4.12. The van der Waals surface area contributed by atoms with E-state index in [2.05, 4.69) is 5.32 Å². The molecule has 0 atom stereocenters. The smallest absolute Gasteiger partial charge is 0.341 e. The van der Waals surface area contributed by atoms with Gasteiger partial charge < -0.3 is 14.5 Å². The van der Waals surface area contributed by atoms with E-state index in [4.69, 9.17) is 9.15 Å². The van der Waals surface area contributed by atoms with Crippen LogP contribution in [0, 0.1) is 0 Å². The Morgan fingerprint density at radius 3 is 2.61 bits per heavy atom. The van der Waals surface area contributed by atoms with E-state index in [1.54, 1.807) is 19.1 Å². The van der Waals surface area contributed by atoms with Crippen LogP contribution in [0.5, 0.6) is 0 Å². The van der Waals surface area contributed by atoms with Crippen LogP contribution in [0.25, 0.3) is 0 Å². The normalized spacial score (nSPS) is 13.2. The summed E-state index contributed by atoms with van der Waals surface area (Å²) in [6, 6.07) is 9.08. The number of carbonyl (C=O) groups excluding carboxylic acids is 2. The van der Waals surface area contributed by atoms with Crippen LogP contribution in [0.1, 0.15) is 50.3 Å². The summed E-state index contributed by atoms with van der Waals surface area (Å²) in [5.41, 5.74) is 1.67. The number of anilines is 1.